The van der Waals surface area contributed by atoms with E-state index in [2.05, 4.69) is 57.3 Å². The van der Waals surface area contributed by atoms with Crippen LogP contribution >= 0.6 is 0 Å². The molecule has 0 radical (unpaired) electrons. The number of piperidine rings is 1. The summed E-state index contributed by atoms with van der Waals surface area (Å²) in [5.74, 6) is 2.02. The molecule has 2 heterocycles. The fraction of sp³-hybridized carbons (Fsp3) is 0.364. The molecule has 0 unspecified atom stereocenters. The van der Waals surface area contributed by atoms with Gasteiger partial charge in [-0.2, -0.15) is 4.98 Å². The fourth-order valence-corrected chi connectivity index (χ4v) is 3.76. The zero-order valence-electron chi connectivity index (χ0n) is 15.8. The van der Waals surface area contributed by atoms with Gasteiger partial charge in [0.1, 0.15) is 0 Å². The Balaban J connectivity index is 1.28. The van der Waals surface area contributed by atoms with Crippen molar-refractivity contribution in [3.63, 3.8) is 0 Å². The van der Waals surface area contributed by atoms with Crippen molar-refractivity contribution in [2.24, 2.45) is 5.92 Å². The smallest absolute Gasteiger partial charge is 0.266 e. The standard InChI is InChI=1S/C22H26N4O/c1-25(16-18-8-4-2-5-9-18)17-19-12-14-26(15-13-19)22-23-21(27-24-22)20-10-6-3-7-11-20/h2-11,19H,12-17H2,1H3. The number of rotatable bonds is 6. The molecule has 0 amide bonds. The summed E-state index contributed by atoms with van der Waals surface area (Å²) in [6, 6.07) is 20.6. The third-order valence-electron chi connectivity index (χ3n) is 5.20. The first-order valence-electron chi connectivity index (χ1n) is 9.64. The molecule has 0 spiro atoms. The molecule has 0 atom stereocenters. The average molecular weight is 362 g/mol. The molecule has 4 rings (SSSR count). The first-order valence-corrected chi connectivity index (χ1v) is 9.64. The van der Waals surface area contributed by atoms with Crippen LogP contribution in [0.4, 0.5) is 5.95 Å². The van der Waals surface area contributed by atoms with E-state index >= 15 is 0 Å². The third-order valence-corrected chi connectivity index (χ3v) is 5.20. The van der Waals surface area contributed by atoms with Crippen molar-refractivity contribution < 1.29 is 4.52 Å². The van der Waals surface area contributed by atoms with Gasteiger partial charge in [-0.15, -0.1) is 0 Å². The second-order valence-electron chi connectivity index (χ2n) is 7.38. The minimum Gasteiger partial charge on any atom is -0.338 e. The largest absolute Gasteiger partial charge is 0.338 e. The van der Waals surface area contributed by atoms with Gasteiger partial charge >= 0.3 is 0 Å². The predicted octanol–water partition coefficient (Wildman–Crippen LogP) is 4.09. The lowest BCUT2D eigenvalue weighted by atomic mass is 9.96. The molecule has 0 aliphatic carbocycles. The molecule has 5 nitrogen and oxygen atoms in total. The molecule has 1 saturated heterocycles. The summed E-state index contributed by atoms with van der Waals surface area (Å²) < 4.78 is 5.45. The van der Waals surface area contributed by atoms with Crippen LogP contribution in [-0.4, -0.2) is 41.7 Å². The van der Waals surface area contributed by atoms with Crippen LogP contribution in [0.25, 0.3) is 11.5 Å². The van der Waals surface area contributed by atoms with Crippen LogP contribution in [-0.2, 0) is 6.54 Å². The minimum atomic E-state index is 0.593. The summed E-state index contributed by atoms with van der Waals surface area (Å²) >= 11 is 0. The van der Waals surface area contributed by atoms with Crippen LogP contribution in [0.15, 0.2) is 65.2 Å². The Labute approximate surface area is 160 Å². The highest BCUT2D eigenvalue weighted by molar-refractivity contribution is 5.54. The number of benzene rings is 2. The lowest BCUT2D eigenvalue weighted by molar-refractivity contribution is 0.241. The summed E-state index contributed by atoms with van der Waals surface area (Å²) in [7, 11) is 2.21. The molecule has 1 aromatic heterocycles. The molecule has 1 aliphatic heterocycles. The van der Waals surface area contributed by atoms with Gasteiger partial charge in [-0.3, -0.25) is 0 Å². The highest BCUT2D eigenvalue weighted by Gasteiger charge is 2.23. The van der Waals surface area contributed by atoms with E-state index in [0.717, 1.165) is 50.5 Å². The maximum atomic E-state index is 5.45. The normalized spacial score (nSPS) is 15.4. The number of hydrogen-bond acceptors (Lipinski definition) is 5. The number of nitrogens with zero attached hydrogens (tertiary/aromatic N) is 4. The van der Waals surface area contributed by atoms with E-state index in [4.69, 9.17) is 4.52 Å². The molecular formula is C22H26N4O. The molecule has 3 aromatic rings. The van der Waals surface area contributed by atoms with Gasteiger partial charge in [0.05, 0.1) is 0 Å². The van der Waals surface area contributed by atoms with Crippen molar-refractivity contribution >= 4 is 5.95 Å². The van der Waals surface area contributed by atoms with Crippen molar-refractivity contribution in [3.8, 4) is 11.5 Å². The van der Waals surface area contributed by atoms with Crippen LogP contribution < -0.4 is 4.90 Å². The topological polar surface area (TPSA) is 45.4 Å². The Bertz CT molecular complexity index is 826. The van der Waals surface area contributed by atoms with Crippen LogP contribution in [0.2, 0.25) is 0 Å². The van der Waals surface area contributed by atoms with Gasteiger partial charge in [-0.05, 0) is 48.7 Å². The second-order valence-corrected chi connectivity index (χ2v) is 7.38. The molecule has 0 bridgehead atoms. The van der Waals surface area contributed by atoms with Crippen molar-refractivity contribution in [2.75, 3.05) is 31.6 Å². The molecule has 0 N–H and O–H groups in total. The Morgan fingerprint density at radius 2 is 1.67 bits per heavy atom. The Morgan fingerprint density at radius 3 is 2.37 bits per heavy atom. The fourth-order valence-electron chi connectivity index (χ4n) is 3.76. The van der Waals surface area contributed by atoms with E-state index in [9.17, 15) is 0 Å². The number of aromatic nitrogens is 2. The first-order chi connectivity index (χ1) is 13.3. The summed E-state index contributed by atoms with van der Waals surface area (Å²) in [5.41, 5.74) is 2.34. The summed E-state index contributed by atoms with van der Waals surface area (Å²) in [4.78, 5) is 9.25. The van der Waals surface area contributed by atoms with E-state index in [1.54, 1.807) is 0 Å². The number of hydrogen-bond donors (Lipinski definition) is 0. The minimum absolute atomic E-state index is 0.593. The lowest BCUT2D eigenvalue weighted by Crippen LogP contribution is -2.38. The summed E-state index contributed by atoms with van der Waals surface area (Å²) in [6.45, 7) is 4.10. The summed E-state index contributed by atoms with van der Waals surface area (Å²) in [6.07, 6.45) is 2.32. The lowest BCUT2D eigenvalue weighted by Gasteiger charge is -2.33. The molecule has 140 valence electrons. The molecule has 0 saturated carbocycles. The van der Waals surface area contributed by atoms with Crippen LogP contribution in [0, 0.1) is 5.92 Å². The quantitative estimate of drug-likeness (QED) is 0.661. The van der Waals surface area contributed by atoms with Gasteiger partial charge in [0.15, 0.2) is 0 Å². The third kappa shape index (κ3) is 4.55. The van der Waals surface area contributed by atoms with E-state index in [1.165, 1.54) is 5.56 Å². The maximum Gasteiger partial charge on any atom is 0.266 e. The molecule has 5 heteroatoms. The van der Waals surface area contributed by atoms with E-state index in [1.807, 2.05) is 30.3 Å². The van der Waals surface area contributed by atoms with Gasteiger partial charge in [0.2, 0.25) is 0 Å². The van der Waals surface area contributed by atoms with Crippen LogP contribution in [0.3, 0.4) is 0 Å². The molecule has 2 aromatic carbocycles. The Morgan fingerprint density at radius 1 is 1.00 bits per heavy atom. The number of anilines is 1. The second kappa shape index (κ2) is 8.35. The molecule has 1 aliphatic rings. The van der Waals surface area contributed by atoms with Gasteiger partial charge in [-0.1, -0.05) is 48.5 Å². The van der Waals surface area contributed by atoms with E-state index in [0.29, 0.717) is 11.8 Å². The highest BCUT2D eigenvalue weighted by Crippen LogP contribution is 2.25. The van der Waals surface area contributed by atoms with Gasteiger partial charge in [-0.25, -0.2) is 0 Å². The van der Waals surface area contributed by atoms with Crippen LogP contribution in [0.1, 0.15) is 18.4 Å². The highest BCUT2D eigenvalue weighted by atomic mass is 16.5. The van der Waals surface area contributed by atoms with Crippen molar-refractivity contribution in [3.05, 3.63) is 66.2 Å². The van der Waals surface area contributed by atoms with Crippen molar-refractivity contribution in [2.45, 2.75) is 19.4 Å². The zero-order valence-corrected chi connectivity index (χ0v) is 15.8. The SMILES string of the molecule is CN(Cc1ccccc1)CC1CCN(c2noc(-c3ccccc3)n2)CC1. The molecular weight excluding hydrogens is 336 g/mol. The zero-order chi connectivity index (χ0) is 18.5. The first kappa shape index (κ1) is 17.7. The monoisotopic (exact) mass is 362 g/mol. The summed E-state index contributed by atoms with van der Waals surface area (Å²) in [5, 5.41) is 4.19. The van der Waals surface area contributed by atoms with Gasteiger partial charge in [0.25, 0.3) is 11.8 Å². The van der Waals surface area contributed by atoms with Crippen LogP contribution in [0.5, 0.6) is 0 Å². The Hall–Kier alpha value is -2.66. The predicted molar refractivity (Wildman–Crippen MR) is 107 cm³/mol. The van der Waals surface area contributed by atoms with E-state index < -0.39 is 0 Å². The van der Waals surface area contributed by atoms with Gasteiger partial charge in [0, 0.05) is 31.7 Å². The maximum absolute atomic E-state index is 5.45. The Kier molecular flexibility index (Phi) is 5.49. The average Bonchev–Trinajstić information content (AvgIpc) is 3.20. The van der Waals surface area contributed by atoms with Gasteiger partial charge < -0.3 is 14.3 Å². The molecule has 27 heavy (non-hydrogen) atoms. The van der Waals surface area contributed by atoms with Crippen molar-refractivity contribution in [1.82, 2.24) is 15.0 Å². The van der Waals surface area contributed by atoms with Crippen molar-refractivity contribution in [1.29, 1.82) is 0 Å². The van der Waals surface area contributed by atoms with E-state index in [-0.39, 0.29) is 0 Å². The molecule has 1 fully saturated rings.